The quantitative estimate of drug-likeness (QED) is 0.745. The predicted molar refractivity (Wildman–Crippen MR) is 101 cm³/mol. The van der Waals surface area contributed by atoms with Crippen LogP contribution in [0, 0.1) is 11.7 Å². The maximum Gasteiger partial charge on any atom is 0.338 e. The first-order chi connectivity index (χ1) is 13.4. The van der Waals surface area contributed by atoms with Crippen LogP contribution in [0.4, 0.5) is 10.1 Å². The fourth-order valence-electron chi connectivity index (χ4n) is 2.55. The first-order valence-electron chi connectivity index (χ1n) is 8.99. The Morgan fingerprint density at radius 2 is 1.71 bits per heavy atom. The van der Waals surface area contributed by atoms with Gasteiger partial charge in [0.2, 0.25) is 5.91 Å². The van der Waals surface area contributed by atoms with Crippen LogP contribution in [-0.2, 0) is 20.9 Å². The highest BCUT2D eigenvalue weighted by Crippen LogP contribution is 2.30. The monoisotopic (exact) mass is 384 g/mol. The molecule has 7 heteroatoms. The highest BCUT2D eigenvalue weighted by atomic mass is 19.1. The third kappa shape index (κ3) is 5.39. The van der Waals surface area contributed by atoms with Crippen molar-refractivity contribution in [3.63, 3.8) is 0 Å². The van der Waals surface area contributed by atoms with Crippen molar-refractivity contribution < 1.29 is 23.5 Å². The summed E-state index contributed by atoms with van der Waals surface area (Å²) >= 11 is 0. The zero-order valence-electron chi connectivity index (χ0n) is 15.5. The number of esters is 1. The van der Waals surface area contributed by atoms with E-state index in [0.29, 0.717) is 11.3 Å². The summed E-state index contributed by atoms with van der Waals surface area (Å²) in [5, 5.41) is 2.79. The Morgan fingerprint density at radius 3 is 2.32 bits per heavy atom. The molecule has 1 aliphatic rings. The van der Waals surface area contributed by atoms with Crippen LogP contribution in [0.15, 0.2) is 48.5 Å². The first-order valence-corrected chi connectivity index (χ1v) is 8.99. The number of benzene rings is 2. The number of halogens is 1. The van der Waals surface area contributed by atoms with Crippen molar-refractivity contribution in [3.8, 4) is 0 Å². The zero-order chi connectivity index (χ0) is 20.1. The molecule has 0 unspecified atom stereocenters. The van der Waals surface area contributed by atoms with Gasteiger partial charge >= 0.3 is 5.97 Å². The molecule has 2 aromatic carbocycles. The van der Waals surface area contributed by atoms with Crippen LogP contribution < -0.4 is 5.32 Å². The average molecular weight is 384 g/mol. The Hall–Kier alpha value is -3.22. The number of likely N-dealkylation sites (N-methyl/N-ethyl adjacent to an activating group) is 1. The van der Waals surface area contributed by atoms with Crippen molar-refractivity contribution in [3.05, 3.63) is 65.5 Å². The Bertz CT molecular complexity index is 861. The number of hydrogen-bond acceptors (Lipinski definition) is 4. The van der Waals surface area contributed by atoms with Crippen LogP contribution in [-0.4, -0.2) is 36.3 Å². The molecule has 146 valence electrons. The van der Waals surface area contributed by atoms with E-state index in [1.165, 1.54) is 29.2 Å². The summed E-state index contributed by atoms with van der Waals surface area (Å²) in [5.74, 6) is -1.24. The highest BCUT2D eigenvalue weighted by Gasteiger charge is 2.29. The number of ether oxygens (including phenoxy) is 1. The Labute approximate surface area is 162 Å². The van der Waals surface area contributed by atoms with Gasteiger partial charge < -0.3 is 15.0 Å². The minimum atomic E-state index is -0.622. The molecule has 3 rings (SSSR count). The Balaban J connectivity index is 1.46. The van der Waals surface area contributed by atoms with Crippen molar-refractivity contribution in [2.75, 3.05) is 19.0 Å². The van der Waals surface area contributed by atoms with Crippen molar-refractivity contribution in [2.24, 2.45) is 5.92 Å². The maximum atomic E-state index is 12.9. The zero-order valence-corrected chi connectivity index (χ0v) is 15.5. The van der Waals surface area contributed by atoms with E-state index in [4.69, 9.17) is 4.74 Å². The molecule has 0 aromatic heterocycles. The van der Waals surface area contributed by atoms with Gasteiger partial charge in [0, 0.05) is 25.2 Å². The van der Waals surface area contributed by atoms with E-state index in [9.17, 15) is 18.8 Å². The molecule has 0 spiro atoms. The number of anilines is 1. The molecule has 28 heavy (non-hydrogen) atoms. The summed E-state index contributed by atoms with van der Waals surface area (Å²) in [6.07, 6.45) is 1.83. The highest BCUT2D eigenvalue weighted by molar-refractivity contribution is 5.95. The van der Waals surface area contributed by atoms with Crippen LogP contribution in [0.25, 0.3) is 0 Å². The molecule has 0 saturated heterocycles. The normalized spacial score (nSPS) is 12.9. The number of nitrogens with one attached hydrogen (secondary N) is 1. The van der Waals surface area contributed by atoms with Crippen molar-refractivity contribution in [2.45, 2.75) is 19.4 Å². The molecule has 1 saturated carbocycles. The van der Waals surface area contributed by atoms with Crippen LogP contribution in [0.1, 0.15) is 28.8 Å². The topological polar surface area (TPSA) is 75.7 Å². The lowest BCUT2D eigenvalue weighted by Gasteiger charge is -2.17. The van der Waals surface area contributed by atoms with Crippen LogP contribution in [0.2, 0.25) is 0 Å². The van der Waals surface area contributed by atoms with Gasteiger partial charge in [-0.05, 0) is 54.8 Å². The first kappa shape index (κ1) is 19.5. The standard InChI is InChI=1S/C21H21FN2O4/c1-24(12-14-2-8-17(22)9-3-14)19(25)13-28-21(27)16-6-10-18(11-7-16)23-20(26)15-4-5-15/h2-3,6-11,15H,4-5,12-13H2,1H3,(H,23,26). The lowest BCUT2D eigenvalue weighted by molar-refractivity contribution is -0.133. The number of hydrogen-bond donors (Lipinski definition) is 1. The molecule has 2 aromatic rings. The molecule has 0 aliphatic heterocycles. The van der Waals surface area contributed by atoms with E-state index in [2.05, 4.69) is 5.32 Å². The summed E-state index contributed by atoms with van der Waals surface area (Å²) in [6.45, 7) is -0.108. The Morgan fingerprint density at radius 1 is 1.07 bits per heavy atom. The van der Waals surface area contributed by atoms with E-state index in [-0.39, 0.29) is 30.1 Å². The minimum absolute atomic E-state index is 0.00915. The molecule has 0 heterocycles. The largest absolute Gasteiger partial charge is 0.452 e. The number of carbonyl (C=O) groups is 3. The molecule has 6 nitrogen and oxygen atoms in total. The molecule has 0 bridgehead atoms. The second-order valence-corrected chi connectivity index (χ2v) is 6.79. The van der Waals surface area contributed by atoms with Crippen molar-refractivity contribution >= 4 is 23.5 Å². The second kappa shape index (κ2) is 8.65. The summed E-state index contributed by atoms with van der Waals surface area (Å²) in [4.78, 5) is 37.3. The van der Waals surface area contributed by atoms with E-state index in [1.807, 2.05) is 0 Å². The number of rotatable bonds is 7. The third-order valence-corrected chi connectivity index (χ3v) is 4.42. The van der Waals surface area contributed by atoms with E-state index in [0.717, 1.165) is 18.4 Å². The maximum absolute atomic E-state index is 12.9. The van der Waals surface area contributed by atoms with Gasteiger partial charge in [0.1, 0.15) is 5.82 Å². The van der Waals surface area contributed by atoms with Crippen LogP contribution in [0.3, 0.4) is 0 Å². The molecule has 1 aliphatic carbocycles. The molecule has 1 fully saturated rings. The van der Waals surface area contributed by atoms with Crippen molar-refractivity contribution in [1.82, 2.24) is 4.90 Å². The fourth-order valence-corrected chi connectivity index (χ4v) is 2.55. The number of carbonyl (C=O) groups excluding carboxylic acids is 3. The SMILES string of the molecule is CN(Cc1ccc(F)cc1)C(=O)COC(=O)c1ccc(NC(=O)C2CC2)cc1. The average Bonchev–Trinajstić information content (AvgIpc) is 3.53. The molecule has 2 amide bonds. The second-order valence-electron chi connectivity index (χ2n) is 6.79. The van der Waals surface area contributed by atoms with Gasteiger partial charge in [-0.15, -0.1) is 0 Å². The molecule has 0 atom stereocenters. The summed E-state index contributed by atoms with van der Waals surface area (Å²) < 4.78 is 18.0. The number of nitrogens with zero attached hydrogens (tertiary/aromatic N) is 1. The van der Waals surface area contributed by atoms with Crippen LogP contribution in [0.5, 0.6) is 0 Å². The molecule has 1 N–H and O–H groups in total. The van der Waals surface area contributed by atoms with Gasteiger partial charge in [-0.3, -0.25) is 9.59 Å². The smallest absolute Gasteiger partial charge is 0.338 e. The summed E-state index contributed by atoms with van der Waals surface area (Å²) in [5.41, 5.74) is 1.68. The van der Waals surface area contributed by atoms with E-state index >= 15 is 0 Å². The van der Waals surface area contributed by atoms with Gasteiger partial charge in [-0.1, -0.05) is 12.1 Å². The van der Waals surface area contributed by atoms with Crippen LogP contribution >= 0.6 is 0 Å². The third-order valence-electron chi connectivity index (χ3n) is 4.42. The predicted octanol–water partition coefficient (Wildman–Crippen LogP) is 2.99. The van der Waals surface area contributed by atoms with Gasteiger partial charge in [0.25, 0.3) is 5.91 Å². The summed E-state index contributed by atoms with van der Waals surface area (Å²) in [6, 6.07) is 12.2. The van der Waals surface area contributed by atoms with Gasteiger partial charge in [-0.2, -0.15) is 0 Å². The van der Waals surface area contributed by atoms with Gasteiger partial charge in [0.05, 0.1) is 5.56 Å². The lowest BCUT2D eigenvalue weighted by atomic mass is 10.2. The Kier molecular flexibility index (Phi) is 6.03. The van der Waals surface area contributed by atoms with E-state index in [1.54, 1.807) is 31.3 Å². The minimum Gasteiger partial charge on any atom is -0.452 e. The molecule has 0 radical (unpaired) electrons. The fraction of sp³-hybridized carbons (Fsp3) is 0.286. The summed E-state index contributed by atoms with van der Waals surface area (Å²) in [7, 11) is 1.58. The van der Waals surface area contributed by atoms with E-state index < -0.39 is 12.6 Å². The number of amides is 2. The van der Waals surface area contributed by atoms with Gasteiger partial charge in [0.15, 0.2) is 6.61 Å². The van der Waals surface area contributed by atoms with Gasteiger partial charge in [-0.25, -0.2) is 9.18 Å². The molecular weight excluding hydrogens is 363 g/mol. The lowest BCUT2D eigenvalue weighted by Crippen LogP contribution is -2.30. The van der Waals surface area contributed by atoms with Crippen molar-refractivity contribution in [1.29, 1.82) is 0 Å². The molecular formula is C21H21FN2O4.